The van der Waals surface area contributed by atoms with Crippen molar-refractivity contribution in [3.8, 4) is 11.5 Å². The third-order valence-corrected chi connectivity index (χ3v) is 2.76. The molecular weight excluding hydrogens is 265 g/mol. The van der Waals surface area contributed by atoms with Gasteiger partial charge in [0.05, 0.1) is 20.3 Å². The van der Waals surface area contributed by atoms with Gasteiger partial charge in [-0.3, -0.25) is 0 Å². The van der Waals surface area contributed by atoms with Crippen molar-refractivity contribution in [2.24, 2.45) is 5.73 Å². The van der Waals surface area contributed by atoms with Crippen LogP contribution in [0.25, 0.3) is 0 Å². The van der Waals surface area contributed by atoms with Crippen LogP contribution >= 0.6 is 15.9 Å². The van der Waals surface area contributed by atoms with E-state index in [0.717, 1.165) is 0 Å². The lowest BCUT2D eigenvalue weighted by molar-refractivity contribution is 0.353. The number of benzene rings is 1. The monoisotopic (exact) mass is 277 g/mol. The minimum Gasteiger partial charge on any atom is -0.493 e. The van der Waals surface area contributed by atoms with Gasteiger partial charge in [-0.1, -0.05) is 15.9 Å². The molecule has 0 aliphatic rings. The molecular formula is C10H13BrFNO2. The van der Waals surface area contributed by atoms with E-state index in [4.69, 9.17) is 15.2 Å². The summed E-state index contributed by atoms with van der Waals surface area (Å²) in [6.07, 6.45) is 0. The smallest absolute Gasteiger partial charge is 0.161 e. The van der Waals surface area contributed by atoms with Gasteiger partial charge in [-0.2, -0.15) is 0 Å². The zero-order valence-corrected chi connectivity index (χ0v) is 10.2. The first-order valence-electron chi connectivity index (χ1n) is 4.37. The molecule has 0 aliphatic heterocycles. The Labute approximate surface area is 96.5 Å². The molecule has 3 nitrogen and oxygen atoms in total. The van der Waals surface area contributed by atoms with Crippen molar-refractivity contribution < 1.29 is 13.9 Å². The number of nitrogens with two attached hydrogens (primary N) is 1. The van der Waals surface area contributed by atoms with Gasteiger partial charge in [0.25, 0.3) is 0 Å². The van der Waals surface area contributed by atoms with E-state index >= 15 is 0 Å². The minimum absolute atomic E-state index is 0.541. The van der Waals surface area contributed by atoms with Gasteiger partial charge in [0.1, 0.15) is 6.67 Å². The van der Waals surface area contributed by atoms with E-state index in [1.165, 1.54) is 7.11 Å². The molecule has 1 aromatic rings. The standard InChI is InChI=1S/C10H13BrFNO2/c1-14-9-3-6(8(13)5-12)7(11)4-10(9)15-2/h3-4,8H,5,13H2,1-2H3/t8-/m0/s1. The van der Waals surface area contributed by atoms with E-state index in [1.807, 2.05) is 0 Å². The van der Waals surface area contributed by atoms with Gasteiger partial charge in [-0.25, -0.2) is 4.39 Å². The zero-order valence-electron chi connectivity index (χ0n) is 8.59. The number of methoxy groups -OCH3 is 2. The first-order chi connectivity index (χ1) is 7.13. The molecule has 0 radical (unpaired) electrons. The Kier molecular flexibility index (Phi) is 4.35. The number of halogens is 2. The fraction of sp³-hybridized carbons (Fsp3) is 0.400. The van der Waals surface area contributed by atoms with E-state index < -0.39 is 12.7 Å². The second kappa shape index (κ2) is 5.32. The van der Waals surface area contributed by atoms with Gasteiger partial charge >= 0.3 is 0 Å². The molecule has 0 saturated heterocycles. The van der Waals surface area contributed by atoms with Crippen LogP contribution in [0.2, 0.25) is 0 Å². The number of hydrogen-bond donors (Lipinski definition) is 1. The second-order valence-electron chi connectivity index (χ2n) is 2.99. The molecule has 0 aromatic heterocycles. The Morgan fingerprint density at radius 2 is 1.87 bits per heavy atom. The molecule has 2 N–H and O–H groups in total. The Hall–Kier alpha value is -0.810. The minimum atomic E-state index is -0.654. The van der Waals surface area contributed by atoms with Crippen LogP contribution in [0.3, 0.4) is 0 Å². The molecule has 0 bridgehead atoms. The van der Waals surface area contributed by atoms with Gasteiger partial charge < -0.3 is 15.2 Å². The van der Waals surface area contributed by atoms with Crippen molar-refractivity contribution in [2.75, 3.05) is 20.9 Å². The second-order valence-corrected chi connectivity index (χ2v) is 3.84. The average Bonchev–Trinajstić information content (AvgIpc) is 2.27. The lowest BCUT2D eigenvalue weighted by Crippen LogP contribution is -2.13. The van der Waals surface area contributed by atoms with Crippen molar-refractivity contribution in [1.82, 2.24) is 0 Å². The molecule has 0 fully saturated rings. The normalized spacial score (nSPS) is 12.3. The van der Waals surface area contributed by atoms with Crippen molar-refractivity contribution in [1.29, 1.82) is 0 Å². The number of alkyl halides is 1. The zero-order chi connectivity index (χ0) is 11.4. The lowest BCUT2D eigenvalue weighted by Gasteiger charge is -2.14. The highest BCUT2D eigenvalue weighted by Crippen LogP contribution is 2.35. The predicted molar refractivity (Wildman–Crippen MR) is 60.1 cm³/mol. The van der Waals surface area contributed by atoms with Crippen LogP contribution in [-0.2, 0) is 0 Å². The highest BCUT2D eigenvalue weighted by atomic mass is 79.9. The van der Waals surface area contributed by atoms with Gasteiger partial charge in [-0.15, -0.1) is 0 Å². The van der Waals surface area contributed by atoms with Crippen LogP contribution in [0.15, 0.2) is 16.6 Å². The molecule has 1 atom stereocenters. The van der Waals surface area contributed by atoms with Crippen LogP contribution < -0.4 is 15.2 Å². The predicted octanol–water partition coefficient (Wildman–Crippen LogP) is 2.44. The van der Waals surface area contributed by atoms with E-state index in [1.54, 1.807) is 19.2 Å². The number of rotatable bonds is 4. The molecule has 15 heavy (non-hydrogen) atoms. The van der Waals surface area contributed by atoms with Gasteiger partial charge in [0.2, 0.25) is 0 Å². The summed E-state index contributed by atoms with van der Waals surface area (Å²) in [4.78, 5) is 0. The maximum Gasteiger partial charge on any atom is 0.161 e. The van der Waals surface area contributed by atoms with Crippen LogP contribution in [0.5, 0.6) is 11.5 Å². The summed E-state index contributed by atoms with van der Waals surface area (Å²) in [6, 6.07) is 2.73. The quantitative estimate of drug-likeness (QED) is 0.920. The molecule has 1 rings (SSSR count). The summed E-state index contributed by atoms with van der Waals surface area (Å²) >= 11 is 3.31. The Balaban J connectivity index is 3.19. The van der Waals surface area contributed by atoms with Crippen molar-refractivity contribution in [3.63, 3.8) is 0 Å². The molecule has 0 unspecified atom stereocenters. The van der Waals surface area contributed by atoms with E-state index in [0.29, 0.717) is 21.5 Å². The molecule has 1 aromatic carbocycles. The summed E-state index contributed by atoms with van der Waals surface area (Å²) in [6.45, 7) is -0.617. The van der Waals surface area contributed by atoms with Crippen LogP contribution in [-0.4, -0.2) is 20.9 Å². The lowest BCUT2D eigenvalue weighted by atomic mass is 10.1. The Morgan fingerprint density at radius 3 is 2.33 bits per heavy atom. The van der Waals surface area contributed by atoms with Crippen LogP contribution in [0, 0.1) is 0 Å². The summed E-state index contributed by atoms with van der Waals surface area (Å²) in [5.41, 5.74) is 6.27. The summed E-state index contributed by atoms with van der Waals surface area (Å²) in [7, 11) is 3.07. The molecule has 0 amide bonds. The highest BCUT2D eigenvalue weighted by Gasteiger charge is 2.14. The Morgan fingerprint density at radius 1 is 1.33 bits per heavy atom. The summed E-state index contributed by atoms with van der Waals surface area (Å²) in [5, 5.41) is 0. The number of hydrogen-bond acceptors (Lipinski definition) is 3. The van der Waals surface area contributed by atoms with Crippen molar-refractivity contribution in [2.45, 2.75) is 6.04 Å². The maximum atomic E-state index is 12.5. The average molecular weight is 278 g/mol. The van der Waals surface area contributed by atoms with Gasteiger partial charge in [0.15, 0.2) is 11.5 Å². The summed E-state index contributed by atoms with van der Waals surface area (Å²) < 4.78 is 23.4. The van der Waals surface area contributed by atoms with Crippen LogP contribution in [0.1, 0.15) is 11.6 Å². The molecule has 0 aliphatic carbocycles. The Bertz CT molecular complexity index is 346. The first-order valence-corrected chi connectivity index (χ1v) is 5.16. The first kappa shape index (κ1) is 12.3. The fourth-order valence-electron chi connectivity index (χ4n) is 1.24. The van der Waals surface area contributed by atoms with E-state index in [-0.39, 0.29) is 0 Å². The van der Waals surface area contributed by atoms with Crippen molar-refractivity contribution in [3.05, 3.63) is 22.2 Å². The molecule has 0 heterocycles. The van der Waals surface area contributed by atoms with Crippen LogP contribution in [0.4, 0.5) is 4.39 Å². The van der Waals surface area contributed by atoms with Gasteiger partial charge in [0, 0.05) is 4.47 Å². The largest absolute Gasteiger partial charge is 0.493 e. The van der Waals surface area contributed by atoms with E-state index in [2.05, 4.69) is 15.9 Å². The highest BCUT2D eigenvalue weighted by molar-refractivity contribution is 9.10. The topological polar surface area (TPSA) is 44.5 Å². The SMILES string of the molecule is COc1cc(Br)c([C@@H](N)CF)cc1OC. The van der Waals surface area contributed by atoms with E-state index in [9.17, 15) is 4.39 Å². The maximum absolute atomic E-state index is 12.5. The third kappa shape index (κ3) is 2.60. The molecule has 5 heteroatoms. The molecule has 0 spiro atoms. The molecule has 84 valence electrons. The third-order valence-electron chi connectivity index (χ3n) is 2.07. The van der Waals surface area contributed by atoms with Crippen molar-refractivity contribution >= 4 is 15.9 Å². The van der Waals surface area contributed by atoms with Gasteiger partial charge in [-0.05, 0) is 17.7 Å². The fourth-order valence-corrected chi connectivity index (χ4v) is 1.85. The summed E-state index contributed by atoms with van der Waals surface area (Å²) in [5.74, 6) is 1.12. The number of ether oxygens (including phenoxy) is 2. The molecule has 0 saturated carbocycles.